The van der Waals surface area contributed by atoms with Gasteiger partial charge in [-0.1, -0.05) is 6.07 Å². The molecule has 0 saturated heterocycles. The molecule has 0 unspecified atom stereocenters. The molecule has 0 aliphatic heterocycles. The predicted molar refractivity (Wildman–Crippen MR) is 66.8 cm³/mol. The summed E-state index contributed by atoms with van der Waals surface area (Å²) in [5, 5.41) is 0. The van der Waals surface area contributed by atoms with E-state index < -0.39 is 5.97 Å². The van der Waals surface area contributed by atoms with Gasteiger partial charge < -0.3 is 14.2 Å². The van der Waals surface area contributed by atoms with Gasteiger partial charge in [0.05, 0.1) is 20.8 Å². The van der Waals surface area contributed by atoms with Crippen LogP contribution in [0.2, 0.25) is 0 Å². The van der Waals surface area contributed by atoms with Gasteiger partial charge in [-0.15, -0.1) is 0 Å². The van der Waals surface area contributed by atoms with Crippen LogP contribution < -0.4 is 9.47 Å². The van der Waals surface area contributed by atoms with Gasteiger partial charge in [0.15, 0.2) is 6.61 Å². The van der Waals surface area contributed by atoms with Crippen LogP contribution in [0.3, 0.4) is 0 Å². The molecule has 0 N–H and O–H groups in total. The van der Waals surface area contributed by atoms with Crippen LogP contribution in [-0.2, 0) is 14.5 Å². The molecule has 0 aromatic heterocycles. The molecule has 1 aromatic carbocycles. The van der Waals surface area contributed by atoms with E-state index in [1.54, 1.807) is 18.2 Å². The predicted octanol–water partition coefficient (Wildman–Crippen LogP) is 1.99. The number of hydrogen-bond acceptors (Lipinski definition) is 6. The zero-order chi connectivity index (χ0) is 14.1. The topological polar surface area (TPSA) is 63.2 Å². The number of methoxy groups -OCH3 is 2. The third-order valence-electron chi connectivity index (χ3n) is 2.21. The first-order valence-electron chi connectivity index (χ1n) is 5.72. The van der Waals surface area contributed by atoms with E-state index in [1.807, 2.05) is 6.92 Å². The van der Waals surface area contributed by atoms with E-state index in [4.69, 9.17) is 14.2 Å². The van der Waals surface area contributed by atoms with Gasteiger partial charge in [-0.3, -0.25) is 4.89 Å². The lowest BCUT2D eigenvalue weighted by atomic mass is 10.2. The van der Waals surface area contributed by atoms with Crippen molar-refractivity contribution in [3.05, 3.63) is 30.4 Å². The highest BCUT2D eigenvalue weighted by Gasteiger charge is 2.20. The monoisotopic (exact) mass is 269 g/mol. The molecule has 19 heavy (non-hydrogen) atoms. The van der Waals surface area contributed by atoms with Gasteiger partial charge in [-0.2, -0.15) is 4.89 Å². The number of rotatable bonds is 8. The molecule has 0 heterocycles. The fourth-order valence-corrected chi connectivity index (χ4v) is 1.37. The van der Waals surface area contributed by atoms with Crippen LogP contribution >= 0.6 is 0 Å². The molecule has 0 fully saturated rings. The summed E-state index contributed by atoms with van der Waals surface area (Å²) in [6, 6.07) is 4.96. The van der Waals surface area contributed by atoms with Crippen LogP contribution in [0.1, 0.15) is 17.3 Å². The standard InChI is InChI=1S/C13H17O6/c1-4-17-8-9-18-19-13(14)12-10(15-2)6-5-7-11(12)16-3/h5-7,9H,4,8H2,1-3H3. The van der Waals surface area contributed by atoms with Crippen LogP contribution in [0.25, 0.3) is 0 Å². The van der Waals surface area contributed by atoms with E-state index in [0.29, 0.717) is 18.1 Å². The lowest BCUT2D eigenvalue weighted by molar-refractivity contribution is -0.218. The number of hydrogen-bond donors (Lipinski definition) is 0. The first-order valence-corrected chi connectivity index (χ1v) is 5.72. The Morgan fingerprint density at radius 3 is 2.37 bits per heavy atom. The second-order valence-electron chi connectivity index (χ2n) is 3.33. The second-order valence-corrected chi connectivity index (χ2v) is 3.33. The Labute approximate surface area is 112 Å². The van der Waals surface area contributed by atoms with Crippen molar-refractivity contribution < 1.29 is 28.8 Å². The lowest BCUT2D eigenvalue weighted by Gasteiger charge is -2.11. The normalized spacial score (nSPS) is 10.1. The largest absolute Gasteiger partial charge is 0.496 e. The molecule has 0 saturated carbocycles. The van der Waals surface area contributed by atoms with Gasteiger partial charge in [-0.05, 0) is 19.1 Å². The van der Waals surface area contributed by atoms with E-state index in [9.17, 15) is 4.79 Å². The quantitative estimate of drug-likeness (QED) is 0.408. The van der Waals surface area contributed by atoms with Gasteiger partial charge in [-0.25, -0.2) is 4.79 Å². The Kier molecular flexibility index (Phi) is 6.70. The summed E-state index contributed by atoms with van der Waals surface area (Å²) in [5.41, 5.74) is 0.164. The molecule has 0 atom stereocenters. The fourth-order valence-electron chi connectivity index (χ4n) is 1.37. The Hall–Kier alpha value is -1.79. The highest BCUT2D eigenvalue weighted by atomic mass is 17.2. The van der Waals surface area contributed by atoms with Gasteiger partial charge in [0.25, 0.3) is 0 Å². The molecule has 0 aliphatic rings. The van der Waals surface area contributed by atoms with Crippen LogP contribution in [0.5, 0.6) is 11.5 Å². The van der Waals surface area contributed by atoms with Gasteiger partial charge in [0, 0.05) is 6.61 Å². The highest BCUT2D eigenvalue weighted by Crippen LogP contribution is 2.28. The van der Waals surface area contributed by atoms with Crippen molar-refractivity contribution in [3.63, 3.8) is 0 Å². The number of carbonyl (C=O) groups excluding carboxylic acids is 1. The lowest BCUT2D eigenvalue weighted by Crippen LogP contribution is -2.10. The van der Waals surface area contributed by atoms with E-state index in [2.05, 4.69) is 9.78 Å². The van der Waals surface area contributed by atoms with E-state index in [0.717, 1.165) is 0 Å². The Balaban J connectivity index is 2.65. The summed E-state index contributed by atoms with van der Waals surface area (Å²) in [5.74, 6) is -0.0161. The summed E-state index contributed by atoms with van der Waals surface area (Å²) in [6.07, 6.45) is 0. The smallest absolute Gasteiger partial charge is 0.380 e. The van der Waals surface area contributed by atoms with Crippen molar-refractivity contribution in [2.45, 2.75) is 6.92 Å². The van der Waals surface area contributed by atoms with Crippen molar-refractivity contribution in [2.75, 3.05) is 27.4 Å². The Bertz CT molecular complexity index is 382. The molecule has 0 aliphatic carbocycles. The SMILES string of the molecule is CCOC[CH]OOC(=O)c1c(OC)cccc1OC. The maximum absolute atomic E-state index is 11.9. The third-order valence-corrected chi connectivity index (χ3v) is 2.21. The molecule has 0 spiro atoms. The number of benzene rings is 1. The van der Waals surface area contributed by atoms with Crippen molar-refractivity contribution >= 4 is 5.97 Å². The van der Waals surface area contributed by atoms with Crippen molar-refractivity contribution in [2.24, 2.45) is 0 Å². The average Bonchev–Trinajstić information content (AvgIpc) is 2.45. The molecule has 0 bridgehead atoms. The molecular formula is C13H17O6. The van der Waals surface area contributed by atoms with Gasteiger partial charge in [0.1, 0.15) is 17.1 Å². The molecule has 1 radical (unpaired) electrons. The van der Waals surface area contributed by atoms with Gasteiger partial charge >= 0.3 is 5.97 Å². The van der Waals surface area contributed by atoms with Crippen molar-refractivity contribution in [3.8, 4) is 11.5 Å². The Morgan fingerprint density at radius 1 is 1.21 bits per heavy atom. The van der Waals surface area contributed by atoms with Crippen molar-refractivity contribution in [1.82, 2.24) is 0 Å². The number of ether oxygens (including phenoxy) is 3. The van der Waals surface area contributed by atoms with Crippen LogP contribution in [0, 0.1) is 6.61 Å². The zero-order valence-corrected chi connectivity index (χ0v) is 11.2. The van der Waals surface area contributed by atoms with E-state index in [-0.39, 0.29) is 12.2 Å². The second kappa shape index (κ2) is 8.34. The molecule has 1 aromatic rings. The number of carbonyl (C=O) groups is 1. The summed E-state index contributed by atoms with van der Waals surface area (Å²) >= 11 is 0. The van der Waals surface area contributed by atoms with E-state index in [1.165, 1.54) is 20.8 Å². The summed E-state index contributed by atoms with van der Waals surface area (Å²) < 4.78 is 15.2. The minimum absolute atomic E-state index is 0.164. The average molecular weight is 269 g/mol. The van der Waals surface area contributed by atoms with Crippen molar-refractivity contribution in [1.29, 1.82) is 0 Å². The molecular weight excluding hydrogens is 252 g/mol. The fraction of sp³-hybridized carbons (Fsp3) is 0.385. The first kappa shape index (κ1) is 15.3. The molecule has 6 heteroatoms. The minimum Gasteiger partial charge on any atom is -0.496 e. The van der Waals surface area contributed by atoms with E-state index >= 15 is 0 Å². The molecule has 0 amide bonds. The maximum atomic E-state index is 11.9. The summed E-state index contributed by atoms with van der Waals surface area (Å²) in [7, 11) is 2.90. The van der Waals surface area contributed by atoms with Crippen LogP contribution in [0.15, 0.2) is 18.2 Å². The van der Waals surface area contributed by atoms with Crippen LogP contribution in [0.4, 0.5) is 0 Å². The summed E-state index contributed by atoms with van der Waals surface area (Å²) in [4.78, 5) is 21.1. The molecule has 105 valence electrons. The zero-order valence-electron chi connectivity index (χ0n) is 11.2. The third kappa shape index (κ3) is 4.42. The Morgan fingerprint density at radius 2 is 1.84 bits per heavy atom. The van der Waals surface area contributed by atoms with Gasteiger partial charge in [0.2, 0.25) is 0 Å². The maximum Gasteiger partial charge on any atom is 0.380 e. The first-order chi connectivity index (χ1) is 9.24. The molecule has 6 nitrogen and oxygen atoms in total. The molecule has 1 rings (SSSR count). The van der Waals surface area contributed by atoms with Crippen LogP contribution in [-0.4, -0.2) is 33.4 Å². The highest BCUT2D eigenvalue weighted by molar-refractivity contribution is 5.95. The summed E-state index contributed by atoms with van der Waals surface area (Å²) in [6.45, 7) is 3.86. The minimum atomic E-state index is -0.706.